The Balaban J connectivity index is 1.24. The van der Waals surface area contributed by atoms with Crippen LogP contribution in [0.4, 0.5) is 0 Å². The van der Waals surface area contributed by atoms with Crippen molar-refractivity contribution in [3.05, 3.63) is 0 Å². The molecule has 0 N–H and O–H groups in total. The van der Waals surface area contributed by atoms with Crippen molar-refractivity contribution in [2.24, 2.45) is 0 Å². The normalized spacial score (nSPS) is 41.0. The van der Waals surface area contributed by atoms with Gasteiger partial charge >= 0.3 is 41.8 Å². The highest BCUT2D eigenvalue weighted by molar-refractivity contribution is 6.26. The van der Waals surface area contributed by atoms with Gasteiger partial charge in [-0.1, -0.05) is 0 Å². The molecule has 64 heavy (non-hydrogen) atoms. The van der Waals surface area contributed by atoms with Crippen molar-refractivity contribution in [2.75, 3.05) is 25.7 Å². The number of fused-ring (bicyclic) bond motifs is 3. The molecule has 360 valence electrons. The number of alkyl halides is 1. The standard InChI is InChI=1S/C38H51ClO25/c1-14(40)47-11-21-25(50-15(2)41)29(54-19(6)45)33-36(58-21)64-38(9,62-33)60-30-27(52-17(4)43)23(57-34-31(30)55-20(7)56-34)13-49-37(8)61-32-28(53-18(5)44)26(51-16(3)42)22(59-35(32)63-37)12-48-24(46)10-39/h20-23,25-36H,10-13H2,1-9H3/t20?,21-,22-,23-,25-,26-,27-,28+,29+,30+,31-,32-,33-,34+,35-,36-,37?,38?/m1/s1. The third-order valence-corrected chi connectivity index (χ3v) is 10.4. The average molecular weight is 943 g/mol. The highest BCUT2D eigenvalue weighted by atomic mass is 35.5. The molecular weight excluding hydrogens is 892 g/mol. The van der Waals surface area contributed by atoms with Gasteiger partial charge < -0.3 is 75.8 Å². The molecule has 25 nitrogen and oxygen atoms in total. The first-order valence-electron chi connectivity index (χ1n) is 20.1. The van der Waals surface area contributed by atoms with Crippen LogP contribution in [0.1, 0.15) is 62.3 Å². The van der Waals surface area contributed by atoms with E-state index in [1.54, 1.807) is 6.92 Å². The van der Waals surface area contributed by atoms with E-state index >= 15 is 0 Å². The molecule has 0 aromatic heterocycles. The number of ether oxygens (including phenoxy) is 18. The first-order valence-corrected chi connectivity index (χ1v) is 20.6. The van der Waals surface area contributed by atoms with Gasteiger partial charge in [0.25, 0.3) is 11.9 Å². The molecule has 0 saturated carbocycles. The van der Waals surface area contributed by atoms with Gasteiger partial charge in [0.05, 0.1) is 6.61 Å². The van der Waals surface area contributed by atoms with Crippen molar-refractivity contribution >= 4 is 53.4 Å². The fraction of sp³-hybridized carbons (Fsp3) is 0.816. The zero-order chi connectivity index (χ0) is 46.8. The van der Waals surface area contributed by atoms with Crippen LogP contribution in [0.2, 0.25) is 0 Å². The van der Waals surface area contributed by atoms with Crippen molar-refractivity contribution in [1.29, 1.82) is 0 Å². The van der Waals surface area contributed by atoms with E-state index in [1.807, 2.05) is 0 Å². The predicted octanol–water partition coefficient (Wildman–Crippen LogP) is -0.494. The van der Waals surface area contributed by atoms with Crippen molar-refractivity contribution in [3.8, 4) is 0 Å². The summed E-state index contributed by atoms with van der Waals surface area (Å²) < 4.78 is 105. The summed E-state index contributed by atoms with van der Waals surface area (Å²) in [6, 6.07) is 0. The smallest absolute Gasteiger partial charge is 0.320 e. The molecule has 0 radical (unpaired) electrons. The maximum Gasteiger partial charge on any atom is 0.320 e. The molecule has 0 spiro atoms. The lowest BCUT2D eigenvalue weighted by atomic mass is 9.98. The summed E-state index contributed by atoms with van der Waals surface area (Å²) in [6.45, 7) is 9.61. The summed E-state index contributed by atoms with van der Waals surface area (Å²) in [6.07, 6.45) is -20.4. The molecule has 6 heterocycles. The lowest BCUT2D eigenvalue weighted by Gasteiger charge is -2.44. The van der Waals surface area contributed by atoms with Gasteiger partial charge in [-0.2, -0.15) is 0 Å². The van der Waals surface area contributed by atoms with E-state index in [4.69, 9.17) is 96.9 Å². The molecule has 0 aromatic rings. The zero-order valence-electron chi connectivity index (χ0n) is 36.2. The van der Waals surface area contributed by atoms with E-state index in [0.717, 1.165) is 41.5 Å². The molecule has 6 aliphatic rings. The third kappa shape index (κ3) is 11.7. The van der Waals surface area contributed by atoms with Crippen LogP contribution < -0.4 is 0 Å². The summed E-state index contributed by atoms with van der Waals surface area (Å²) in [5, 5.41) is 0. The highest BCUT2D eigenvalue weighted by Gasteiger charge is 2.64. The Morgan fingerprint density at radius 2 is 0.891 bits per heavy atom. The number of halogens is 1. The summed E-state index contributed by atoms with van der Waals surface area (Å²) >= 11 is 5.58. The molecule has 0 amide bonds. The molecule has 26 heteroatoms. The van der Waals surface area contributed by atoms with Crippen molar-refractivity contribution in [3.63, 3.8) is 0 Å². The largest absolute Gasteiger partial charge is 0.463 e. The topological polar surface area (TPSA) is 286 Å². The van der Waals surface area contributed by atoms with Gasteiger partial charge in [0.2, 0.25) is 0 Å². The molecular formula is C38H51ClO25. The number of esters is 7. The first kappa shape index (κ1) is 49.6. The van der Waals surface area contributed by atoms with Gasteiger partial charge in [-0.05, 0) is 6.92 Å². The van der Waals surface area contributed by atoms with Crippen LogP contribution >= 0.6 is 11.6 Å². The fourth-order valence-corrected chi connectivity index (χ4v) is 8.03. The lowest BCUT2D eigenvalue weighted by Crippen LogP contribution is -2.62. The quantitative estimate of drug-likeness (QED) is 0.114. The first-order chi connectivity index (χ1) is 30.1. The van der Waals surface area contributed by atoms with Crippen LogP contribution in [-0.2, 0) is 119 Å². The van der Waals surface area contributed by atoms with Crippen LogP contribution in [-0.4, -0.2) is 178 Å². The zero-order valence-corrected chi connectivity index (χ0v) is 36.9. The number of hydrogen-bond donors (Lipinski definition) is 0. The van der Waals surface area contributed by atoms with Crippen LogP contribution in [0.25, 0.3) is 0 Å². The van der Waals surface area contributed by atoms with Crippen LogP contribution in [0.3, 0.4) is 0 Å². The third-order valence-electron chi connectivity index (χ3n) is 10.1. The van der Waals surface area contributed by atoms with Gasteiger partial charge in [0.1, 0.15) is 49.6 Å². The molecule has 6 rings (SSSR count). The van der Waals surface area contributed by atoms with Crippen LogP contribution in [0.15, 0.2) is 0 Å². The highest BCUT2D eigenvalue weighted by Crippen LogP contribution is 2.45. The minimum atomic E-state index is -2.12. The fourth-order valence-electron chi connectivity index (χ4n) is 7.95. The maximum atomic E-state index is 12.7. The Kier molecular flexibility index (Phi) is 15.8. The van der Waals surface area contributed by atoms with E-state index < -0.39 is 178 Å². The van der Waals surface area contributed by atoms with Crippen LogP contribution in [0.5, 0.6) is 0 Å². The van der Waals surface area contributed by atoms with Gasteiger partial charge in [0, 0.05) is 55.4 Å². The molecule has 0 bridgehead atoms. The molecule has 3 unspecified atom stereocenters. The summed E-state index contributed by atoms with van der Waals surface area (Å²) in [4.78, 5) is 85.4. The molecule has 6 saturated heterocycles. The minimum absolute atomic E-state index is 0.431. The Labute approximate surface area is 370 Å². The number of rotatable bonds is 15. The molecule has 6 fully saturated rings. The van der Waals surface area contributed by atoms with E-state index in [-0.39, 0.29) is 0 Å². The second-order valence-electron chi connectivity index (χ2n) is 15.4. The summed E-state index contributed by atoms with van der Waals surface area (Å²) in [5.41, 5.74) is 0. The van der Waals surface area contributed by atoms with E-state index in [0.29, 0.717) is 0 Å². The monoisotopic (exact) mass is 942 g/mol. The molecule has 0 aromatic carbocycles. The Bertz CT molecular complexity index is 1770. The van der Waals surface area contributed by atoms with Gasteiger partial charge in [-0.3, -0.25) is 43.0 Å². The second kappa shape index (κ2) is 20.3. The second-order valence-corrected chi connectivity index (χ2v) is 15.7. The molecule has 6 aliphatic heterocycles. The van der Waals surface area contributed by atoms with E-state index in [1.165, 1.54) is 13.8 Å². The number of carbonyl (C=O) groups excluding carboxylic acids is 7. The Hall–Kier alpha value is -3.86. The molecule has 18 atom stereocenters. The Morgan fingerprint density at radius 1 is 0.469 bits per heavy atom. The van der Waals surface area contributed by atoms with E-state index in [9.17, 15) is 33.6 Å². The van der Waals surface area contributed by atoms with Gasteiger partial charge in [0.15, 0.2) is 67.9 Å². The number of carbonyl (C=O) groups is 7. The molecule has 0 aliphatic carbocycles. The maximum absolute atomic E-state index is 12.7. The van der Waals surface area contributed by atoms with Crippen LogP contribution in [0, 0.1) is 0 Å². The lowest BCUT2D eigenvalue weighted by molar-refractivity contribution is -0.396. The minimum Gasteiger partial charge on any atom is -0.463 e. The van der Waals surface area contributed by atoms with Crippen molar-refractivity contribution in [1.82, 2.24) is 0 Å². The SMILES string of the molecule is CC(=O)OC[C@H]1O[C@@H]2OC(C)(O[C@@H]3[C@H]4OC(C)O[C@H]4O[C@H](COC4(C)O[C@H]5O[C@H](COC(=O)CCl)[C@@H](OC(C)=O)[C@H](OC(C)=O)[C@H]5O4)[C@H]3OC(C)=O)O[C@@H]2[C@@H](OC(C)=O)[C@@H]1OC(C)=O. The Morgan fingerprint density at radius 3 is 1.38 bits per heavy atom. The number of hydrogen-bond acceptors (Lipinski definition) is 25. The van der Waals surface area contributed by atoms with Crippen molar-refractivity contribution in [2.45, 2.75) is 173 Å². The summed E-state index contributed by atoms with van der Waals surface area (Å²) in [7, 11) is 0. The predicted molar refractivity (Wildman–Crippen MR) is 197 cm³/mol. The van der Waals surface area contributed by atoms with Crippen molar-refractivity contribution < 1.29 is 119 Å². The van der Waals surface area contributed by atoms with Gasteiger partial charge in [-0.25, -0.2) is 0 Å². The average Bonchev–Trinajstić information content (AvgIpc) is 3.85. The van der Waals surface area contributed by atoms with E-state index in [2.05, 4.69) is 0 Å². The summed E-state index contributed by atoms with van der Waals surface area (Å²) in [5.74, 6) is -10.0. The van der Waals surface area contributed by atoms with Gasteiger partial charge in [-0.15, -0.1) is 11.6 Å².